The number of thiophene rings is 1. The Morgan fingerprint density at radius 2 is 1.24 bits per heavy atom. The summed E-state index contributed by atoms with van der Waals surface area (Å²) in [5, 5.41) is 1.34. The predicted octanol–water partition coefficient (Wildman–Crippen LogP) is 16.0. The van der Waals surface area contributed by atoms with Gasteiger partial charge in [-0.05, 0) is 152 Å². The molecule has 4 aliphatic rings. The number of para-hydroxylation sites is 2. The quantitative estimate of drug-likeness (QED) is 0.154. The maximum Gasteiger partial charge on any atom is 0.264 e. The highest BCUT2D eigenvalue weighted by molar-refractivity contribution is 7.33. The number of hydrogen-bond donors (Lipinski definition) is 0. The fraction of sp³-hybridized carbons (Fsp3) is 0.333. The summed E-state index contributed by atoms with van der Waals surface area (Å²) in [6, 6.07) is 49.5. The van der Waals surface area contributed by atoms with Gasteiger partial charge in [0.25, 0.3) is 6.71 Å². The van der Waals surface area contributed by atoms with Crippen molar-refractivity contribution in [3.05, 3.63) is 173 Å². The zero-order valence-corrected chi connectivity index (χ0v) is 43.3. The lowest BCUT2D eigenvalue weighted by atomic mass is 9.35. The van der Waals surface area contributed by atoms with Gasteiger partial charge < -0.3 is 14.7 Å². The molecule has 1 unspecified atom stereocenters. The van der Waals surface area contributed by atoms with E-state index in [1.807, 2.05) is 11.3 Å². The summed E-state index contributed by atoms with van der Waals surface area (Å²) >= 11 is 2.02. The van der Waals surface area contributed by atoms with Crippen molar-refractivity contribution in [2.45, 2.75) is 130 Å². The van der Waals surface area contributed by atoms with Gasteiger partial charge in [0.1, 0.15) is 0 Å². The molecule has 7 aromatic rings. The van der Waals surface area contributed by atoms with E-state index < -0.39 is 0 Å². The number of rotatable bonds is 6. The highest BCUT2D eigenvalue weighted by Gasteiger charge is 2.49. The van der Waals surface area contributed by atoms with E-state index in [0.29, 0.717) is 5.92 Å². The number of anilines is 8. The van der Waals surface area contributed by atoms with Crippen LogP contribution < -0.4 is 30.4 Å². The van der Waals surface area contributed by atoms with Crippen LogP contribution in [0.15, 0.2) is 151 Å². The van der Waals surface area contributed by atoms with Gasteiger partial charge in [0.15, 0.2) is 0 Å². The van der Waals surface area contributed by atoms with Gasteiger partial charge in [-0.2, -0.15) is 0 Å². The zero-order valence-electron chi connectivity index (χ0n) is 42.5. The Balaban J connectivity index is 1.31. The Morgan fingerprint density at radius 3 is 1.84 bits per heavy atom. The molecule has 2 aliphatic carbocycles. The monoisotopic (exact) mass is 910 g/mol. The molecular weight excluding hydrogens is 842 g/mol. The van der Waals surface area contributed by atoms with Gasteiger partial charge in [-0.1, -0.05) is 162 Å². The van der Waals surface area contributed by atoms with Crippen LogP contribution in [0.3, 0.4) is 0 Å². The van der Waals surface area contributed by atoms with E-state index in [1.54, 1.807) is 0 Å². The lowest BCUT2D eigenvalue weighted by Crippen LogP contribution is -2.62. The molecule has 1 atom stereocenters. The zero-order chi connectivity index (χ0) is 47.7. The lowest BCUT2D eigenvalue weighted by Gasteiger charge is -2.49. The molecule has 0 spiro atoms. The molecule has 2 aliphatic heterocycles. The Hall–Kier alpha value is -5.78. The van der Waals surface area contributed by atoms with Crippen molar-refractivity contribution in [3.8, 4) is 0 Å². The van der Waals surface area contributed by atoms with Crippen molar-refractivity contribution in [2.75, 3.05) is 14.7 Å². The second kappa shape index (κ2) is 15.9. The molecule has 68 heavy (non-hydrogen) atoms. The van der Waals surface area contributed by atoms with E-state index in [4.69, 9.17) is 0 Å². The summed E-state index contributed by atoms with van der Waals surface area (Å²) in [5.74, 6) is 0.382. The first kappa shape index (κ1) is 44.7. The van der Waals surface area contributed by atoms with Gasteiger partial charge in [-0.25, -0.2) is 0 Å². The second-order valence-electron chi connectivity index (χ2n) is 23.8. The van der Waals surface area contributed by atoms with Gasteiger partial charge in [0.2, 0.25) is 0 Å². The van der Waals surface area contributed by atoms with Crippen LogP contribution in [0, 0.1) is 5.92 Å². The smallest absolute Gasteiger partial charge is 0.264 e. The first-order valence-corrected chi connectivity index (χ1v) is 26.0. The van der Waals surface area contributed by atoms with Crippen molar-refractivity contribution in [1.82, 2.24) is 0 Å². The molecular formula is C63H68BN3S. The number of nitrogens with zero attached hydrogens (tertiary/aromatic N) is 3. The Bertz CT molecular complexity index is 3120. The van der Waals surface area contributed by atoms with Crippen molar-refractivity contribution in [3.63, 3.8) is 0 Å². The van der Waals surface area contributed by atoms with Gasteiger partial charge in [-0.15, -0.1) is 11.3 Å². The van der Waals surface area contributed by atoms with Crippen molar-refractivity contribution < 1.29 is 0 Å². The third-order valence-corrected chi connectivity index (χ3v) is 17.2. The highest BCUT2D eigenvalue weighted by Crippen LogP contribution is 2.53. The Kier molecular flexibility index (Phi) is 10.4. The van der Waals surface area contributed by atoms with E-state index in [1.165, 1.54) is 94.9 Å². The largest absolute Gasteiger partial charge is 0.335 e. The van der Waals surface area contributed by atoms with Crippen molar-refractivity contribution >= 4 is 89.3 Å². The number of benzene rings is 6. The van der Waals surface area contributed by atoms with Crippen LogP contribution >= 0.6 is 11.3 Å². The van der Waals surface area contributed by atoms with Crippen LogP contribution in [-0.4, -0.2) is 12.8 Å². The summed E-state index contributed by atoms with van der Waals surface area (Å²) in [5.41, 5.74) is 20.1. The number of hydrogen-bond acceptors (Lipinski definition) is 4. The molecule has 1 aromatic heterocycles. The van der Waals surface area contributed by atoms with Gasteiger partial charge in [-0.3, -0.25) is 0 Å². The summed E-state index contributed by atoms with van der Waals surface area (Å²) < 4.78 is 2.78. The fourth-order valence-electron chi connectivity index (χ4n) is 11.9. The average Bonchev–Trinajstić information content (AvgIpc) is 3.69. The molecule has 3 nitrogen and oxygen atoms in total. The maximum atomic E-state index is 2.83. The summed E-state index contributed by atoms with van der Waals surface area (Å²) in [6.07, 6.45) is 10.4. The van der Waals surface area contributed by atoms with Gasteiger partial charge in [0, 0.05) is 49.0 Å². The van der Waals surface area contributed by atoms with E-state index in [2.05, 4.69) is 243 Å². The van der Waals surface area contributed by atoms with Crippen molar-refractivity contribution in [2.24, 2.45) is 5.92 Å². The van der Waals surface area contributed by atoms with Crippen molar-refractivity contribution in [1.29, 1.82) is 0 Å². The Morgan fingerprint density at radius 1 is 0.647 bits per heavy atom. The third-order valence-electron chi connectivity index (χ3n) is 15.9. The molecule has 6 aromatic carbocycles. The minimum absolute atomic E-state index is 0.00749. The lowest BCUT2D eigenvalue weighted by molar-refractivity contribution is 0.332. The minimum Gasteiger partial charge on any atom is -0.335 e. The number of allylic oxidation sites excluding steroid dienone is 2. The first-order valence-electron chi connectivity index (χ1n) is 25.2. The molecule has 0 amide bonds. The van der Waals surface area contributed by atoms with Crippen LogP contribution in [-0.2, 0) is 21.7 Å². The van der Waals surface area contributed by atoms with E-state index in [-0.39, 0.29) is 34.4 Å². The van der Waals surface area contributed by atoms with E-state index in [9.17, 15) is 0 Å². The van der Waals surface area contributed by atoms with Crippen LogP contribution in [0.4, 0.5) is 45.5 Å². The van der Waals surface area contributed by atoms with Gasteiger partial charge >= 0.3 is 0 Å². The van der Waals surface area contributed by atoms with Gasteiger partial charge in [0.05, 0.1) is 17.4 Å². The molecule has 0 saturated carbocycles. The van der Waals surface area contributed by atoms with Crippen LogP contribution in [0.5, 0.6) is 0 Å². The minimum atomic E-state index is -0.00749. The molecule has 344 valence electrons. The summed E-state index contributed by atoms with van der Waals surface area (Å²) in [4.78, 5) is 7.99. The molecule has 0 bridgehead atoms. The molecule has 5 heteroatoms. The third kappa shape index (κ3) is 7.21. The molecule has 3 heterocycles. The SMILES string of the molecule is CC(C)C1=CC=CCC1N1c2cc3c(cc2B2c4sc5ccc(C(C)(C)C)cc5c4N(c4ccc(C(C)(C)C)cc4)c4cc(N(c5ccccc5)c5ccccc5)cc1c42)C(C)(C)CCC3(C)C. The number of fused-ring (bicyclic) bond motifs is 7. The molecule has 0 fully saturated rings. The van der Waals surface area contributed by atoms with Crippen LogP contribution in [0.1, 0.15) is 125 Å². The normalized spacial score (nSPS) is 18.0. The highest BCUT2D eigenvalue weighted by atomic mass is 32.1. The molecule has 0 radical (unpaired) electrons. The maximum absolute atomic E-state index is 2.83. The van der Waals surface area contributed by atoms with E-state index >= 15 is 0 Å². The average molecular weight is 910 g/mol. The first-order chi connectivity index (χ1) is 32.3. The Labute approximate surface area is 411 Å². The molecule has 11 rings (SSSR count). The van der Waals surface area contributed by atoms with Crippen LogP contribution in [0.25, 0.3) is 10.1 Å². The predicted molar refractivity (Wildman–Crippen MR) is 298 cm³/mol. The molecule has 0 N–H and O–H groups in total. The second-order valence-corrected chi connectivity index (χ2v) is 24.9. The summed E-state index contributed by atoms with van der Waals surface area (Å²) in [6.45, 7) is 28.8. The van der Waals surface area contributed by atoms with Crippen LogP contribution in [0.2, 0.25) is 0 Å². The molecule has 0 saturated heterocycles. The summed E-state index contributed by atoms with van der Waals surface area (Å²) in [7, 11) is 0. The van der Waals surface area contributed by atoms with E-state index in [0.717, 1.165) is 23.5 Å². The standard InChI is InChI=1S/C63H68BN3S/c1-40(2)47-25-19-20-26-52(47)67-53-39-50-49(62(9,10)33-34-63(50,11)12)38-51(53)64-57-54(36-46(37-55(57)67)65(43-21-15-13-16-22-43)44-23-17-14-18-24-44)66(45-30-27-41(28-31-45)60(3,4)5)58-48-35-42(61(6,7)8)29-32-56(48)68-59(58)64/h13-25,27-32,35-40,52H,26,33-34H2,1-12H3. The fourth-order valence-corrected chi connectivity index (χ4v) is 13.2. The topological polar surface area (TPSA) is 9.72 Å².